The molecule has 0 saturated carbocycles. The van der Waals surface area contributed by atoms with Crippen LogP contribution in [0.4, 0.5) is 0 Å². The van der Waals surface area contributed by atoms with Gasteiger partial charge in [0.25, 0.3) is 0 Å². The Labute approximate surface area is 150 Å². The van der Waals surface area contributed by atoms with Crippen LogP contribution in [-0.4, -0.2) is 32.7 Å². The lowest BCUT2D eigenvalue weighted by molar-refractivity contribution is -0.139. The molecular formula is C20H29N3O2. The van der Waals surface area contributed by atoms with Gasteiger partial charge < -0.3 is 15.0 Å². The first-order valence-corrected chi connectivity index (χ1v) is 8.94. The molecule has 2 rings (SSSR count). The van der Waals surface area contributed by atoms with Gasteiger partial charge in [-0.2, -0.15) is 0 Å². The molecule has 1 unspecified atom stereocenters. The molecule has 25 heavy (non-hydrogen) atoms. The van der Waals surface area contributed by atoms with E-state index in [4.69, 9.17) is 0 Å². The highest BCUT2D eigenvalue weighted by molar-refractivity contribution is 5.73. The Balaban J connectivity index is 2.04. The molecule has 0 aliphatic heterocycles. The molecule has 0 fully saturated rings. The van der Waals surface area contributed by atoms with E-state index in [-0.39, 0.29) is 6.04 Å². The van der Waals surface area contributed by atoms with Crippen LogP contribution < -0.4 is 5.32 Å². The molecule has 2 N–H and O–H groups in total. The summed E-state index contributed by atoms with van der Waals surface area (Å²) >= 11 is 0. The maximum atomic E-state index is 11.7. The van der Waals surface area contributed by atoms with Gasteiger partial charge in [-0.15, -0.1) is 0 Å². The third-order valence-corrected chi connectivity index (χ3v) is 4.26. The molecule has 1 heterocycles. The van der Waals surface area contributed by atoms with Gasteiger partial charge in [0.05, 0.1) is 6.33 Å². The molecule has 1 aliphatic carbocycles. The Bertz CT molecular complexity index is 656. The number of hydrogen-bond donors (Lipinski definition) is 2. The molecule has 2 atom stereocenters. The number of aliphatic carboxylic acids is 1. The van der Waals surface area contributed by atoms with Crippen molar-refractivity contribution in [2.45, 2.75) is 58.7 Å². The van der Waals surface area contributed by atoms with Gasteiger partial charge in [-0.05, 0) is 31.3 Å². The summed E-state index contributed by atoms with van der Waals surface area (Å²) in [7, 11) is 0. The zero-order chi connectivity index (χ0) is 18.2. The van der Waals surface area contributed by atoms with E-state index >= 15 is 0 Å². The SMILES string of the molecule is CC(C)CC(C)N[C@@H](Cc1cncn1CC1=CC=CC=CC1)C(=O)O. The molecule has 1 aliphatic rings. The summed E-state index contributed by atoms with van der Waals surface area (Å²) in [4.78, 5) is 15.9. The third-order valence-electron chi connectivity index (χ3n) is 4.26. The Hall–Kier alpha value is -2.14. The topological polar surface area (TPSA) is 67.2 Å². The number of hydrogen-bond acceptors (Lipinski definition) is 3. The number of carboxylic acids is 1. The quantitative estimate of drug-likeness (QED) is 0.721. The van der Waals surface area contributed by atoms with Crippen LogP contribution in [0.15, 0.2) is 48.5 Å². The summed E-state index contributed by atoms with van der Waals surface area (Å²) < 4.78 is 2.05. The van der Waals surface area contributed by atoms with Gasteiger partial charge in [-0.25, -0.2) is 4.98 Å². The van der Waals surface area contributed by atoms with Gasteiger partial charge >= 0.3 is 5.97 Å². The lowest BCUT2D eigenvalue weighted by atomic mass is 10.0. The van der Waals surface area contributed by atoms with Crippen molar-refractivity contribution in [1.82, 2.24) is 14.9 Å². The normalized spacial score (nSPS) is 16.6. The lowest BCUT2D eigenvalue weighted by Crippen LogP contribution is -2.44. The predicted octanol–water partition coefficient (Wildman–Crippen LogP) is 3.35. The van der Waals surface area contributed by atoms with Gasteiger partial charge in [0.2, 0.25) is 0 Å². The number of carbonyl (C=O) groups is 1. The number of aromatic nitrogens is 2. The molecule has 5 nitrogen and oxygen atoms in total. The van der Waals surface area contributed by atoms with Crippen LogP contribution in [0.25, 0.3) is 0 Å². The van der Waals surface area contributed by atoms with Crippen LogP contribution in [0.5, 0.6) is 0 Å². The minimum atomic E-state index is -0.817. The number of nitrogens with one attached hydrogen (secondary N) is 1. The van der Waals surface area contributed by atoms with E-state index in [0.29, 0.717) is 12.3 Å². The van der Waals surface area contributed by atoms with E-state index < -0.39 is 12.0 Å². The third kappa shape index (κ3) is 6.35. The molecule has 5 heteroatoms. The zero-order valence-corrected chi connectivity index (χ0v) is 15.4. The highest BCUT2D eigenvalue weighted by Crippen LogP contribution is 2.14. The van der Waals surface area contributed by atoms with E-state index in [1.54, 1.807) is 12.5 Å². The number of rotatable bonds is 9. The van der Waals surface area contributed by atoms with Crippen LogP contribution in [-0.2, 0) is 17.8 Å². The summed E-state index contributed by atoms with van der Waals surface area (Å²) in [6, 6.07) is -0.440. The Kier molecular flexibility index (Phi) is 7.19. The summed E-state index contributed by atoms with van der Waals surface area (Å²) in [6.45, 7) is 7.07. The van der Waals surface area contributed by atoms with E-state index in [1.165, 1.54) is 5.57 Å². The molecule has 136 valence electrons. The first kappa shape index (κ1) is 19.2. The Morgan fingerprint density at radius 2 is 2.12 bits per heavy atom. The van der Waals surface area contributed by atoms with Crippen molar-refractivity contribution >= 4 is 5.97 Å². The molecule has 0 bridgehead atoms. The van der Waals surface area contributed by atoms with Gasteiger partial charge in [0, 0.05) is 30.9 Å². The lowest BCUT2D eigenvalue weighted by Gasteiger charge is -2.22. The first-order chi connectivity index (χ1) is 12.0. The average Bonchev–Trinajstić information content (AvgIpc) is 2.79. The second kappa shape index (κ2) is 9.37. The fraction of sp³-hybridized carbons (Fsp3) is 0.500. The monoisotopic (exact) mass is 343 g/mol. The fourth-order valence-electron chi connectivity index (χ4n) is 3.16. The molecule has 0 spiro atoms. The molecule has 1 aromatic heterocycles. The molecule has 0 radical (unpaired) electrons. The van der Waals surface area contributed by atoms with E-state index in [9.17, 15) is 9.90 Å². The largest absolute Gasteiger partial charge is 0.480 e. The smallest absolute Gasteiger partial charge is 0.321 e. The highest BCUT2D eigenvalue weighted by atomic mass is 16.4. The second-order valence-electron chi connectivity index (χ2n) is 7.15. The standard InChI is InChI=1S/C20H29N3O2/c1-15(2)10-16(3)22-19(20(24)25)11-18-12-21-14-23(18)13-17-8-6-4-5-7-9-17/h4-8,12,14-16,19,22H,9-11,13H2,1-3H3,(H,24,25)/t16?,19-/m0/s1. The minimum Gasteiger partial charge on any atom is -0.480 e. The predicted molar refractivity (Wildman–Crippen MR) is 100 cm³/mol. The first-order valence-electron chi connectivity index (χ1n) is 8.94. The van der Waals surface area contributed by atoms with Gasteiger partial charge in [-0.1, -0.05) is 44.2 Å². The summed E-state index contributed by atoms with van der Waals surface area (Å²) in [5.41, 5.74) is 2.21. The van der Waals surface area contributed by atoms with Crippen molar-refractivity contribution in [1.29, 1.82) is 0 Å². The molecule has 0 aromatic carbocycles. The van der Waals surface area contributed by atoms with Crippen LogP contribution in [0, 0.1) is 5.92 Å². The summed E-state index contributed by atoms with van der Waals surface area (Å²) in [5.74, 6) is -0.284. The van der Waals surface area contributed by atoms with E-state index in [0.717, 1.165) is 25.1 Å². The zero-order valence-electron chi connectivity index (χ0n) is 15.4. The number of imidazole rings is 1. The fourth-order valence-corrected chi connectivity index (χ4v) is 3.16. The number of carboxylic acid groups (broad SMARTS) is 1. The Morgan fingerprint density at radius 1 is 1.32 bits per heavy atom. The van der Waals surface area contributed by atoms with Gasteiger partial charge in [0.15, 0.2) is 0 Å². The van der Waals surface area contributed by atoms with E-state index in [2.05, 4.69) is 36.3 Å². The van der Waals surface area contributed by atoms with Crippen LogP contribution in [0.1, 0.15) is 39.3 Å². The van der Waals surface area contributed by atoms with E-state index in [1.807, 2.05) is 29.7 Å². The maximum absolute atomic E-state index is 11.7. The molecule has 0 amide bonds. The van der Waals surface area contributed by atoms with Crippen LogP contribution in [0.2, 0.25) is 0 Å². The summed E-state index contributed by atoms with van der Waals surface area (Å²) in [5, 5.41) is 12.8. The number of allylic oxidation sites excluding steroid dienone is 6. The number of nitrogens with zero attached hydrogens (tertiary/aromatic N) is 2. The van der Waals surface area contributed by atoms with Crippen molar-refractivity contribution in [3.8, 4) is 0 Å². The Morgan fingerprint density at radius 3 is 2.84 bits per heavy atom. The van der Waals surface area contributed by atoms with Crippen molar-refractivity contribution in [2.75, 3.05) is 0 Å². The van der Waals surface area contributed by atoms with Crippen molar-refractivity contribution < 1.29 is 9.90 Å². The highest BCUT2D eigenvalue weighted by Gasteiger charge is 2.22. The molecular weight excluding hydrogens is 314 g/mol. The second-order valence-corrected chi connectivity index (χ2v) is 7.15. The van der Waals surface area contributed by atoms with Gasteiger partial charge in [0.1, 0.15) is 6.04 Å². The molecule has 1 aromatic rings. The van der Waals surface area contributed by atoms with Gasteiger partial charge in [-0.3, -0.25) is 4.79 Å². The molecule has 0 saturated heterocycles. The van der Waals surface area contributed by atoms with Crippen molar-refractivity contribution in [3.63, 3.8) is 0 Å². The van der Waals surface area contributed by atoms with Crippen LogP contribution >= 0.6 is 0 Å². The summed E-state index contributed by atoms with van der Waals surface area (Å²) in [6.07, 6.45) is 16.2. The minimum absolute atomic E-state index is 0.164. The van der Waals surface area contributed by atoms with Crippen molar-refractivity contribution in [3.05, 3.63) is 54.2 Å². The van der Waals surface area contributed by atoms with Crippen LogP contribution in [0.3, 0.4) is 0 Å². The van der Waals surface area contributed by atoms with Crippen molar-refractivity contribution in [2.24, 2.45) is 5.92 Å². The average molecular weight is 343 g/mol. The maximum Gasteiger partial charge on any atom is 0.321 e.